The van der Waals surface area contributed by atoms with E-state index in [1.807, 2.05) is 6.92 Å². The maximum atomic E-state index is 12.1. The van der Waals surface area contributed by atoms with Crippen molar-refractivity contribution in [3.8, 4) is 0 Å². The Morgan fingerprint density at radius 2 is 2.10 bits per heavy atom. The molecule has 0 radical (unpaired) electrons. The molecule has 1 aromatic carbocycles. The molecular weight excluding hydrogens is 328 g/mol. The third kappa shape index (κ3) is 2.82. The average Bonchev–Trinajstić information content (AvgIpc) is 3.05. The van der Waals surface area contributed by atoms with Gasteiger partial charge in [0.15, 0.2) is 0 Å². The van der Waals surface area contributed by atoms with Crippen molar-refractivity contribution in [2.24, 2.45) is 0 Å². The Morgan fingerprint density at radius 1 is 1.29 bits per heavy atom. The molecule has 0 unspecified atom stereocenters. The molecule has 8 heteroatoms. The highest BCUT2D eigenvalue weighted by atomic mass is 32.2. The fraction of sp³-hybridized carbons (Fsp3) is 0.0769. The Kier molecular flexibility index (Phi) is 3.52. The third-order valence-electron chi connectivity index (χ3n) is 2.79. The lowest BCUT2D eigenvalue weighted by molar-refractivity contribution is 0.0981. The molecule has 0 fully saturated rings. The first-order chi connectivity index (χ1) is 9.95. The molecule has 0 saturated carbocycles. The Hall–Kier alpha value is -1.77. The van der Waals surface area contributed by atoms with E-state index < -0.39 is 15.9 Å². The van der Waals surface area contributed by atoms with Gasteiger partial charge in [0.25, 0.3) is 15.9 Å². The standard InChI is InChI=1S/C13H10N2O3S3/c1-8-14-11-3-2-9(6-12(11)20-8)13(16)15-21(17,18)10-4-5-19-7-10/h2-7H,1H3,(H,15,16). The second-order valence-electron chi connectivity index (χ2n) is 4.31. The minimum Gasteiger partial charge on any atom is -0.268 e. The molecule has 1 amide bonds. The largest absolute Gasteiger partial charge is 0.268 e. The Balaban J connectivity index is 1.90. The van der Waals surface area contributed by atoms with E-state index in [0.29, 0.717) is 5.56 Å². The molecule has 0 spiro atoms. The van der Waals surface area contributed by atoms with Crippen LogP contribution in [0.1, 0.15) is 15.4 Å². The maximum Gasteiger partial charge on any atom is 0.265 e. The normalized spacial score (nSPS) is 11.7. The van der Waals surface area contributed by atoms with Crippen molar-refractivity contribution < 1.29 is 13.2 Å². The zero-order valence-corrected chi connectivity index (χ0v) is 13.3. The summed E-state index contributed by atoms with van der Waals surface area (Å²) in [5.41, 5.74) is 1.10. The molecule has 0 atom stereocenters. The number of benzene rings is 1. The van der Waals surface area contributed by atoms with Crippen LogP contribution in [-0.4, -0.2) is 19.3 Å². The number of amides is 1. The van der Waals surface area contributed by atoms with Gasteiger partial charge in [0.2, 0.25) is 0 Å². The molecule has 1 N–H and O–H groups in total. The van der Waals surface area contributed by atoms with Gasteiger partial charge < -0.3 is 0 Å². The second-order valence-corrected chi connectivity index (χ2v) is 8.01. The van der Waals surface area contributed by atoms with Crippen LogP contribution in [0.25, 0.3) is 10.2 Å². The highest BCUT2D eigenvalue weighted by Gasteiger charge is 2.19. The Bertz CT molecular complexity index is 911. The van der Waals surface area contributed by atoms with Gasteiger partial charge in [-0.05, 0) is 36.6 Å². The highest BCUT2D eigenvalue weighted by Crippen LogP contribution is 2.23. The van der Waals surface area contributed by atoms with Crippen LogP contribution in [0.4, 0.5) is 0 Å². The SMILES string of the molecule is Cc1nc2ccc(C(=O)NS(=O)(=O)c3ccsc3)cc2s1. The summed E-state index contributed by atoms with van der Waals surface area (Å²) in [5, 5.41) is 4.02. The van der Waals surface area contributed by atoms with Gasteiger partial charge in [-0.1, -0.05) is 0 Å². The maximum absolute atomic E-state index is 12.1. The average molecular weight is 338 g/mol. The number of fused-ring (bicyclic) bond motifs is 1. The summed E-state index contributed by atoms with van der Waals surface area (Å²) in [6.07, 6.45) is 0. The molecule has 0 aliphatic rings. The predicted octanol–water partition coefficient (Wildman–Crippen LogP) is 2.78. The number of sulfonamides is 1. The topological polar surface area (TPSA) is 76.1 Å². The summed E-state index contributed by atoms with van der Waals surface area (Å²) in [5.74, 6) is -0.644. The van der Waals surface area contributed by atoms with Crippen molar-refractivity contribution in [2.45, 2.75) is 11.8 Å². The van der Waals surface area contributed by atoms with Crippen molar-refractivity contribution >= 4 is 48.8 Å². The van der Waals surface area contributed by atoms with Gasteiger partial charge in [0.05, 0.1) is 20.1 Å². The smallest absolute Gasteiger partial charge is 0.265 e. The van der Waals surface area contributed by atoms with E-state index in [4.69, 9.17) is 0 Å². The zero-order valence-electron chi connectivity index (χ0n) is 10.9. The summed E-state index contributed by atoms with van der Waals surface area (Å²) in [7, 11) is -3.81. The molecule has 0 bridgehead atoms. The molecule has 108 valence electrons. The first-order valence-electron chi connectivity index (χ1n) is 5.92. The van der Waals surface area contributed by atoms with Crippen LogP contribution in [0.2, 0.25) is 0 Å². The molecule has 3 rings (SSSR count). The van der Waals surface area contributed by atoms with Gasteiger partial charge in [0.1, 0.15) is 0 Å². The summed E-state index contributed by atoms with van der Waals surface area (Å²) in [4.78, 5) is 16.5. The number of carbonyl (C=O) groups is 1. The number of nitrogens with zero attached hydrogens (tertiary/aromatic N) is 1. The lowest BCUT2D eigenvalue weighted by Gasteiger charge is -2.05. The summed E-state index contributed by atoms with van der Waals surface area (Å²) < 4.78 is 26.9. The molecule has 21 heavy (non-hydrogen) atoms. The number of nitrogens with one attached hydrogen (secondary N) is 1. The quantitative estimate of drug-likeness (QED) is 0.797. The fourth-order valence-corrected chi connectivity index (χ4v) is 4.70. The minimum absolute atomic E-state index is 0.0931. The van der Waals surface area contributed by atoms with Gasteiger partial charge in [-0.2, -0.15) is 11.3 Å². The van der Waals surface area contributed by atoms with Crippen LogP contribution in [0.3, 0.4) is 0 Å². The van der Waals surface area contributed by atoms with Gasteiger partial charge in [-0.25, -0.2) is 18.1 Å². The van der Waals surface area contributed by atoms with Gasteiger partial charge in [-0.3, -0.25) is 4.79 Å². The first kappa shape index (κ1) is 14.2. The van der Waals surface area contributed by atoms with Crippen LogP contribution < -0.4 is 4.72 Å². The van der Waals surface area contributed by atoms with Crippen LogP contribution in [0.5, 0.6) is 0 Å². The van der Waals surface area contributed by atoms with E-state index in [1.54, 1.807) is 23.6 Å². The van der Waals surface area contributed by atoms with Gasteiger partial charge >= 0.3 is 0 Å². The van der Waals surface area contributed by atoms with Crippen molar-refractivity contribution in [1.82, 2.24) is 9.71 Å². The van der Waals surface area contributed by atoms with Crippen molar-refractivity contribution in [2.75, 3.05) is 0 Å². The minimum atomic E-state index is -3.81. The molecule has 0 aliphatic heterocycles. The van der Waals surface area contributed by atoms with E-state index in [0.717, 1.165) is 15.2 Å². The van der Waals surface area contributed by atoms with E-state index in [2.05, 4.69) is 9.71 Å². The van der Waals surface area contributed by atoms with Crippen LogP contribution in [0, 0.1) is 6.92 Å². The molecule has 2 aromatic heterocycles. The monoisotopic (exact) mass is 338 g/mol. The highest BCUT2D eigenvalue weighted by molar-refractivity contribution is 7.90. The number of hydrogen-bond acceptors (Lipinski definition) is 6. The van der Waals surface area contributed by atoms with E-state index in [1.165, 1.54) is 34.1 Å². The molecule has 0 aliphatic carbocycles. The predicted molar refractivity (Wildman–Crippen MR) is 83.3 cm³/mol. The molecule has 0 saturated heterocycles. The number of rotatable bonds is 3. The first-order valence-corrected chi connectivity index (χ1v) is 9.16. The Morgan fingerprint density at radius 3 is 2.81 bits per heavy atom. The summed E-state index contributed by atoms with van der Waals surface area (Å²) in [6, 6.07) is 6.39. The lowest BCUT2D eigenvalue weighted by Crippen LogP contribution is -2.30. The number of carbonyl (C=O) groups excluding carboxylic acids is 1. The number of thiazole rings is 1. The number of hydrogen-bond donors (Lipinski definition) is 1. The van der Waals surface area contributed by atoms with E-state index in [-0.39, 0.29) is 4.90 Å². The zero-order chi connectivity index (χ0) is 15.0. The molecular formula is C13H10N2O3S3. The number of aryl methyl sites for hydroxylation is 1. The van der Waals surface area contributed by atoms with Crippen molar-refractivity contribution in [3.05, 3.63) is 45.6 Å². The lowest BCUT2D eigenvalue weighted by atomic mass is 10.2. The Labute approximate surface area is 129 Å². The van der Waals surface area contributed by atoms with E-state index >= 15 is 0 Å². The van der Waals surface area contributed by atoms with Gasteiger partial charge in [-0.15, -0.1) is 11.3 Å². The van der Waals surface area contributed by atoms with E-state index in [9.17, 15) is 13.2 Å². The molecule has 3 aromatic rings. The molecule has 2 heterocycles. The second kappa shape index (κ2) is 5.21. The third-order valence-corrected chi connectivity index (χ3v) is 5.88. The number of aromatic nitrogens is 1. The van der Waals surface area contributed by atoms with Crippen LogP contribution in [-0.2, 0) is 10.0 Å². The number of thiophene rings is 1. The van der Waals surface area contributed by atoms with Crippen molar-refractivity contribution in [1.29, 1.82) is 0 Å². The summed E-state index contributed by atoms with van der Waals surface area (Å²) >= 11 is 2.72. The van der Waals surface area contributed by atoms with Crippen LogP contribution in [0.15, 0.2) is 39.9 Å². The fourth-order valence-electron chi connectivity index (χ4n) is 1.83. The van der Waals surface area contributed by atoms with Gasteiger partial charge in [0, 0.05) is 10.9 Å². The van der Waals surface area contributed by atoms with Crippen LogP contribution >= 0.6 is 22.7 Å². The van der Waals surface area contributed by atoms with Crippen molar-refractivity contribution in [3.63, 3.8) is 0 Å². The molecule has 5 nitrogen and oxygen atoms in total. The summed E-state index contributed by atoms with van der Waals surface area (Å²) in [6.45, 7) is 1.88.